The molecule has 1 aromatic carbocycles. The third-order valence-electron chi connectivity index (χ3n) is 2.92. The predicted octanol–water partition coefficient (Wildman–Crippen LogP) is 2.41. The van der Waals surface area contributed by atoms with Crippen LogP contribution in [0.25, 0.3) is 11.3 Å². The van der Waals surface area contributed by atoms with Crippen molar-refractivity contribution in [3.05, 3.63) is 47.7 Å². The molecule has 76 valence electrons. The molecule has 0 bridgehead atoms. The van der Waals surface area contributed by atoms with Gasteiger partial charge in [-0.15, -0.1) is 0 Å². The number of hydrogen-bond donors (Lipinski definition) is 1. The highest BCUT2D eigenvalue weighted by atomic mass is 16.3. The van der Waals surface area contributed by atoms with Gasteiger partial charge < -0.3 is 9.52 Å². The highest BCUT2D eigenvalue weighted by Crippen LogP contribution is 2.28. The van der Waals surface area contributed by atoms with Crippen molar-refractivity contribution < 1.29 is 9.52 Å². The van der Waals surface area contributed by atoms with E-state index in [2.05, 4.69) is 18.2 Å². The van der Waals surface area contributed by atoms with Gasteiger partial charge in [0.15, 0.2) is 0 Å². The summed E-state index contributed by atoms with van der Waals surface area (Å²) in [5, 5.41) is 9.55. The van der Waals surface area contributed by atoms with Crippen LogP contribution >= 0.6 is 0 Å². The Balaban J connectivity index is 2.04. The van der Waals surface area contributed by atoms with Gasteiger partial charge in [-0.3, -0.25) is 0 Å². The first-order valence-electron chi connectivity index (χ1n) is 5.17. The number of benzene rings is 1. The molecule has 3 rings (SSSR count). The van der Waals surface area contributed by atoms with Crippen LogP contribution < -0.4 is 0 Å². The van der Waals surface area contributed by atoms with Crippen molar-refractivity contribution in [2.24, 2.45) is 0 Å². The summed E-state index contributed by atoms with van der Waals surface area (Å²) in [6.45, 7) is 0. The molecule has 0 saturated carbocycles. The maximum atomic E-state index is 9.55. The number of fused-ring (bicyclic) bond motifs is 1. The molecule has 0 saturated heterocycles. The summed E-state index contributed by atoms with van der Waals surface area (Å²) in [6.07, 6.45) is 3.03. The van der Waals surface area contributed by atoms with E-state index in [1.807, 2.05) is 12.1 Å². The Hall–Kier alpha value is -1.54. The lowest BCUT2D eigenvalue weighted by molar-refractivity contribution is 0.187. The van der Waals surface area contributed by atoms with Crippen molar-refractivity contribution >= 4 is 0 Å². The van der Waals surface area contributed by atoms with Gasteiger partial charge in [0.25, 0.3) is 0 Å². The monoisotopic (exact) mass is 200 g/mol. The fraction of sp³-hybridized carbons (Fsp3) is 0.231. The quantitative estimate of drug-likeness (QED) is 0.766. The lowest BCUT2D eigenvalue weighted by Gasteiger charge is -2.01. The van der Waals surface area contributed by atoms with Crippen LogP contribution in [-0.2, 0) is 12.8 Å². The summed E-state index contributed by atoms with van der Waals surface area (Å²) in [4.78, 5) is 0. The van der Waals surface area contributed by atoms with Gasteiger partial charge in [0.05, 0.1) is 12.4 Å². The Morgan fingerprint density at radius 3 is 2.80 bits per heavy atom. The summed E-state index contributed by atoms with van der Waals surface area (Å²) in [5.41, 5.74) is 3.60. The first-order valence-corrected chi connectivity index (χ1v) is 5.17. The minimum atomic E-state index is -0.202. The van der Waals surface area contributed by atoms with Gasteiger partial charge in [-0.25, -0.2) is 0 Å². The molecule has 2 aromatic rings. The molecule has 2 nitrogen and oxygen atoms in total. The van der Waals surface area contributed by atoms with Crippen LogP contribution in [0, 0.1) is 0 Å². The maximum Gasteiger partial charge on any atom is 0.133 e. The molecule has 0 fully saturated rings. The normalized spacial score (nSPS) is 19.1. The lowest BCUT2D eigenvalue weighted by atomic mass is 10.1. The molecule has 2 heteroatoms. The van der Waals surface area contributed by atoms with Crippen LogP contribution in [0.15, 0.2) is 41.0 Å². The van der Waals surface area contributed by atoms with E-state index >= 15 is 0 Å². The number of rotatable bonds is 1. The first kappa shape index (κ1) is 8.74. The molecular formula is C13H12O2. The molecule has 0 amide bonds. The van der Waals surface area contributed by atoms with Gasteiger partial charge in [-0.2, -0.15) is 0 Å². The minimum absolute atomic E-state index is 0.202. The molecule has 1 aliphatic carbocycles. The Morgan fingerprint density at radius 1 is 1.13 bits per heavy atom. The first-order chi connectivity index (χ1) is 7.33. The summed E-state index contributed by atoms with van der Waals surface area (Å²) in [5.74, 6) is 0.888. The van der Waals surface area contributed by atoms with Gasteiger partial charge in [-0.1, -0.05) is 12.1 Å². The van der Waals surface area contributed by atoms with Gasteiger partial charge in [-0.05, 0) is 42.2 Å². The van der Waals surface area contributed by atoms with E-state index in [-0.39, 0.29) is 6.10 Å². The third kappa shape index (κ3) is 1.47. The molecule has 0 aliphatic heterocycles. The molecule has 0 spiro atoms. The molecule has 1 unspecified atom stereocenters. The molecule has 1 atom stereocenters. The van der Waals surface area contributed by atoms with E-state index in [4.69, 9.17) is 4.42 Å². The van der Waals surface area contributed by atoms with E-state index in [9.17, 15) is 5.11 Å². The fourth-order valence-corrected chi connectivity index (χ4v) is 2.19. The Labute approximate surface area is 88.2 Å². The van der Waals surface area contributed by atoms with E-state index in [0.717, 1.165) is 24.2 Å². The molecule has 1 heterocycles. The predicted molar refractivity (Wildman–Crippen MR) is 57.6 cm³/mol. The van der Waals surface area contributed by atoms with E-state index in [1.165, 1.54) is 11.1 Å². The highest BCUT2D eigenvalue weighted by Gasteiger charge is 2.19. The van der Waals surface area contributed by atoms with Crippen molar-refractivity contribution in [3.63, 3.8) is 0 Å². The van der Waals surface area contributed by atoms with E-state index < -0.39 is 0 Å². The zero-order valence-electron chi connectivity index (χ0n) is 8.31. The van der Waals surface area contributed by atoms with Crippen molar-refractivity contribution in [2.75, 3.05) is 0 Å². The smallest absolute Gasteiger partial charge is 0.133 e. The Bertz CT molecular complexity index is 471. The fourth-order valence-electron chi connectivity index (χ4n) is 2.19. The van der Waals surface area contributed by atoms with Crippen LogP contribution in [0.4, 0.5) is 0 Å². The second-order valence-electron chi connectivity index (χ2n) is 4.02. The van der Waals surface area contributed by atoms with Crippen LogP contribution in [-0.4, -0.2) is 11.2 Å². The Kier molecular flexibility index (Phi) is 1.89. The number of furan rings is 1. The standard InChI is InChI=1S/C13H12O2/c14-12-7-9-3-4-10(6-11(9)8-12)13-2-1-5-15-13/h1-6,12,14H,7-8H2. The second-order valence-corrected chi connectivity index (χ2v) is 4.02. The molecule has 1 aromatic heterocycles. The van der Waals surface area contributed by atoms with E-state index in [0.29, 0.717) is 0 Å². The zero-order valence-corrected chi connectivity index (χ0v) is 8.31. The summed E-state index contributed by atoms with van der Waals surface area (Å²) in [6, 6.07) is 10.1. The average Bonchev–Trinajstić information content (AvgIpc) is 2.82. The largest absolute Gasteiger partial charge is 0.464 e. The molecule has 0 radical (unpaired) electrons. The van der Waals surface area contributed by atoms with Crippen molar-refractivity contribution in [2.45, 2.75) is 18.9 Å². The molecule has 15 heavy (non-hydrogen) atoms. The van der Waals surface area contributed by atoms with Gasteiger partial charge in [0.2, 0.25) is 0 Å². The van der Waals surface area contributed by atoms with Gasteiger partial charge in [0.1, 0.15) is 5.76 Å². The third-order valence-corrected chi connectivity index (χ3v) is 2.92. The summed E-state index contributed by atoms with van der Waals surface area (Å²) < 4.78 is 5.34. The lowest BCUT2D eigenvalue weighted by Crippen LogP contribution is -2.03. The number of aliphatic hydroxyl groups excluding tert-OH is 1. The van der Waals surface area contributed by atoms with Gasteiger partial charge >= 0.3 is 0 Å². The zero-order chi connectivity index (χ0) is 10.3. The second kappa shape index (κ2) is 3.24. The number of aliphatic hydroxyl groups is 1. The number of hydrogen-bond acceptors (Lipinski definition) is 2. The summed E-state index contributed by atoms with van der Waals surface area (Å²) >= 11 is 0. The van der Waals surface area contributed by atoms with Crippen molar-refractivity contribution in [1.29, 1.82) is 0 Å². The highest BCUT2D eigenvalue weighted by molar-refractivity contribution is 5.60. The van der Waals surface area contributed by atoms with Crippen molar-refractivity contribution in [1.82, 2.24) is 0 Å². The topological polar surface area (TPSA) is 33.4 Å². The van der Waals surface area contributed by atoms with Crippen LogP contribution in [0.1, 0.15) is 11.1 Å². The molecule has 1 aliphatic rings. The van der Waals surface area contributed by atoms with E-state index in [1.54, 1.807) is 6.26 Å². The van der Waals surface area contributed by atoms with Crippen molar-refractivity contribution in [3.8, 4) is 11.3 Å². The van der Waals surface area contributed by atoms with Gasteiger partial charge in [0, 0.05) is 5.56 Å². The minimum Gasteiger partial charge on any atom is -0.464 e. The van der Waals surface area contributed by atoms with Crippen LogP contribution in [0.5, 0.6) is 0 Å². The maximum absolute atomic E-state index is 9.55. The molecular weight excluding hydrogens is 188 g/mol. The van der Waals surface area contributed by atoms with Crippen LogP contribution in [0.2, 0.25) is 0 Å². The molecule has 1 N–H and O–H groups in total. The average molecular weight is 200 g/mol. The summed E-state index contributed by atoms with van der Waals surface area (Å²) in [7, 11) is 0. The SMILES string of the molecule is OC1Cc2ccc(-c3ccco3)cc2C1. The van der Waals surface area contributed by atoms with Crippen LogP contribution in [0.3, 0.4) is 0 Å². The Morgan fingerprint density at radius 2 is 2.00 bits per heavy atom.